The molecule has 6 heteroatoms. The first-order valence-electron chi connectivity index (χ1n) is 8.38. The van der Waals surface area contributed by atoms with Crippen molar-refractivity contribution in [1.82, 2.24) is 4.90 Å². The number of amides is 1. The van der Waals surface area contributed by atoms with E-state index in [9.17, 15) is 22.4 Å². The Hall–Kier alpha value is -2.37. The summed E-state index contributed by atoms with van der Waals surface area (Å²) < 4.78 is 51.0. The largest absolute Gasteiger partial charge is 0.416 e. The van der Waals surface area contributed by atoms with E-state index in [4.69, 9.17) is 0 Å². The topological polar surface area (TPSA) is 20.3 Å². The minimum Gasteiger partial charge on any atom is -0.339 e. The molecule has 138 valence electrons. The minimum atomic E-state index is -4.36. The fraction of sp³-hybridized carbons (Fsp3) is 0.350. The molecule has 0 aliphatic heterocycles. The Bertz CT molecular complexity index is 783. The summed E-state index contributed by atoms with van der Waals surface area (Å²) in [4.78, 5) is 14.3. The zero-order valence-electron chi connectivity index (χ0n) is 14.4. The molecule has 1 fully saturated rings. The highest BCUT2D eigenvalue weighted by Crippen LogP contribution is 2.49. The van der Waals surface area contributed by atoms with Crippen LogP contribution in [-0.4, -0.2) is 17.9 Å². The van der Waals surface area contributed by atoms with Crippen molar-refractivity contribution < 1.29 is 22.4 Å². The number of rotatable bonds is 4. The highest BCUT2D eigenvalue weighted by atomic mass is 19.4. The molecule has 0 radical (unpaired) electrons. The highest BCUT2D eigenvalue weighted by Gasteiger charge is 2.46. The standard InChI is InChI=1S/C20H19F4NO/c1-12(13-5-9-16(21)10-6-13)25(2)19(26)18-11-17(18)14-3-7-15(8-4-14)20(22,23)24/h3-10,12,17-18H,11H2,1-2H3. The lowest BCUT2D eigenvalue weighted by Crippen LogP contribution is -2.31. The van der Waals surface area contributed by atoms with Gasteiger partial charge in [0.15, 0.2) is 0 Å². The Morgan fingerprint density at radius 3 is 2.19 bits per heavy atom. The zero-order chi connectivity index (χ0) is 19.1. The summed E-state index contributed by atoms with van der Waals surface area (Å²) in [6, 6.07) is 10.8. The molecule has 1 aliphatic rings. The van der Waals surface area contributed by atoms with Crippen LogP contribution in [0.3, 0.4) is 0 Å². The van der Waals surface area contributed by atoms with Gasteiger partial charge in [-0.2, -0.15) is 13.2 Å². The van der Waals surface area contributed by atoms with Gasteiger partial charge in [-0.25, -0.2) is 4.39 Å². The van der Waals surface area contributed by atoms with Crippen LogP contribution in [0.4, 0.5) is 17.6 Å². The van der Waals surface area contributed by atoms with Crippen LogP contribution in [-0.2, 0) is 11.0 Å². The molecule has 0 spiro atoms. The monoisotopic (exact) mass is 365 g/mol. The van der Waals surface area contributed by atoms with Crippen LogP contribution in [0.2, 0.25) is 0 Å². The lowest BCUT2D eigenvalue weighted by molar-refractivity contribution is -0.137. The van der Waals surface area contributed by atoms with Crippen molar-refractivity contribution >= 4 is 5.91 Å². The van der Waals surface area contributed by atoms with E-state index in [1.165, 1.54) is 24.3 Å². The Labute approximate surface area is 149 Å². The molecular formula is C20H19F4NO. The van der Waals surface area contributed by atoms with E-state index in [1.807, 2.05) is 6.92 Å². The molecule has 0 aromatic heterocycles. The van der Waals surface area contributed by atoms with Gasteiger partial charge in [0.05, 0.1) is 11.6 Å². The van der Waals surface area contributed by atoms with Crippen LogP contribution in [0.5, 0.6) is 0 Å². The normalized spacial score (nSPS) is 20.5. The third-order valence-electron chi connectivity index (χ3n) is 5.05. The van der Waals surface area contributed by atoms with Gasteiger partial charge in [0, 0.05) is 13.0 Å². The summed E-state index contributed by atoms with van der Waals surface area (Å²) in [5.41, 5.74) is 0.889. The smallest absolute Gasteiger partial charge is 0.339 e. The number of alkyl halides is 3. The molecule has 1 amide bonds. The first kappa shape index (κ1) is 18.4. The maximum absolute atomic E-state index is 13.0. The molecule has 0 bridgehead atoms. The van der Waals surface area contributed by atoms with Crippen LogP contribution < -0.4 is 0 Å². The molecule has 1 aliphatic carbocycles. The molecule has 0 N–H and O–H groups in total. The molecule has 1 saturated carbocycles. The lowest BCUT2D eigenvalue weighted by Gasteiger charge is -2.25. The minimum absolute atomic E-state index is 0.0485. The summed E-state index contributed by atoms with van der Waals surface area (Å²) in [5.74, 6) is -0.654. The van der Waals surface area contributed by atoms with Crippen molar-refractivity contribution in [3.8, 4) is 0 Å². The number of halogens is 4. The van der Waals surface area contributed by atoms with Crippen LogP contribution in [0.1, 0.15) is 42.0 Å². The van der Waals surface area contributed by atoms with Gasteiger partial charge in [-0.3, -0.25) is 4.79 Å². The van der Waals surface area contributed by atoms with E-state index in [0.29, 0.717) is 6.42 Å². The van der Waals surface area contributed by atoms with Crippen LogP contribution in [0, 0.1) is 11.7 Å². The molecule has 0 saturated heterocycles. The average Bonchev–Trinajstić information content (AvgIpc) is 3.40. The summed E-state index contributed by atoms with van der Waals surface area (Å²) in [7, 11) is 1.69. The first-order valence-corrected chi connectivity index (χ1v) is 8.38. The molecular weight excluding hydrogens is 346 g/mol. The van der Waals surface area contributed by atoms with Crippen molar-refractivity contribution in [3.05, 3.63) is 71.0 Å². The second-order valence-corrected chi connectivity index (χ2v) is 6.75. The number of carbonyl (C=O) groups excluding carboxylic acids is 1. The Morgan fingerprint density at radius 1 is 1.08 bits per heavy atom. The van der Waals surface area contributed by atoms with Crippen molar-refractivity contribution in [2.24, 2.45) is 5.92 Å². The predicted molar refractivity (Wildman–Crippen MR) is 89.9 cm³/mol. The van der Waals surface area contributed by atoms with Crippen LogP contribution in [0.25, 0.3) is 0 Å². The fourth-order valence-corrected chi connectivity index (χ4v) is 3.17. The van der Waals surface area contributed by atoms with Gasteiger partial charge >= 0.3 is 6.18 Å². The molecule has 3 atom stereocenters. The number of carbonyl (C=O) groups is 1. The highest BCUT2D eigenvalue weighted by molar-refractivity contribution is 5.83. The van der Waals surface area contributed by atoms with Gasteiger partial charge in [0.1, 0.15) is 5.82 Å². The van der Waals surface area contributed by atoms with Gasteiger partial charge in [-0.1, -0.05) is 24.3 Å². The van der Waals surface area contributed by atoms with Gasteiger partial charge in [0.2, 0.25) is 5.91 Å². The lowest BCUT2D eigenvalue weighted by atomic mass is 10.0. The van der Waals surface area contributed by atoms with Gasteiger partial charge < -0.3 is 4.90 Å². The van der Waals surface area contributed by atoms with Crippen molar-refractivity contribution in [1.29, 1.82) is 0 Å². The van der Waals surface area contributed by atoms with E-state index in [0.717, 1.165) is 23.3 Å². The third-order valence-corrected chi connectivity index (χ3v) is 5.05. The van der Waals surface area contributed by atoms with E-state index in [1.54, 1.807) is 24.1 Å². The summed E-state index contributed by atoms with van der Waals surface area (Å²) in [6.45, 7) is 1.86. The van der Waals surface area contributed by atoms with Gasteiger partial charge in [-0.15, -0.1) is 0 Å². The maximum atomic E-state index is 13.0. The van der Waals surface area contributed by atoms with Crippen molar-refractivity contribution in [2.45, 2.75) is 31.5 Å². The Balaban J connectivity index is 1.65. The first-order chi connectivity index (χ1) is 12.2. The molecule has 2 aromatic rings. The molecule has 26 heavy (non-hydrogen) atoms. The predicted octanol–water partition coefficient (Wildman–Crippen LogP) is 5.17. The van der Waals surface area contributed by atoms with Crippen LogP contribution >= 0.6 is 0 Å². The average molecular weight is 365 g/mol. The van der Waals surface area contributed by atoms with Crippen molar-refractivity contribution in [2.75, 3.05) is 7.05 Å². The Kier molecular flexibility index (Phi) is 4.78. The zero-order valence-corrected chi connectivity index (χ0v) is 14.4. The summed E-state index contributed by atoms with van der Waals surface area (Å²) in [6.07, 6.45) is -3.73. The van der Waals surface area contributed by atoms with E-state index in [2.05, 4.69) is 0 Å². The second kappa shape index (κ2) is 6.74. The number of hydrogen-bond acceptors (Lipinski definition) is 1. The number of hydrogen-bond donors (Lipinski definition) is 0. The second-order valence-electron chi connectivity index (χ2n) is 6.75. The Morgan fingerprint density at radius 2 is 1.65 bits per heavy atom. The van der Waals surface area contributed by atoms with E-state index >= 15 is 0 Å². The molecule has 2 nitrogen and oxygen atoms in total. The summed E-state index contributed by atoms with van der Waals surface area (Å²) >= 11 is 0. The number of benzene rings is 2. The SMILES string of the molecule is CC(c1ccc(F)cc1)N(C)C(=O)C1CC1c1ccc(C(F)(F)F)cc1. The molecule has 0 heterocycles. The quantitative estimate of drug-likeness (QED) is 0.685. The fourth-order valence-electron chi connectivity index (χ4n) is 3.17. The third kappa shape index (κ3) is 3.74. The van der Waals surface area contributed by atoms with E-state index < -0.39 is 11.7 Å². The number of nitrogens with zero attached hydrogens (tertiary/aromatic N) is 1. The molecule has 3 rings (SSSR count). The van der Waals surface area contributed by atoms with Crippen molar-refractivity contribution in [3.63, 3.8) is 0 Å². The van der Waals surface area contributed by atoms with Gasteiger partial charge in [-0.05, 0) is 54.7 Å². The maximum Gasteiger partial charge on any atom is 0.416 e. The van der Waals surface area contributed by atoms with Gasteiger partial charge in [0.25, 0.3) is 0 Å². The van der Waals surface area contributed by atoms with E-state index in [-0.39, 0.29) is 29.6 Å². The summed E-state index contributed by atoms with van der Waals surface area (Å²) in [5, 5.41) is 0. The molecule has 3 unspecified atom stereocenters. The molecule has 2 aromatic carbocycles. The van der Waals surface area contributed by atoms with Crippen LogP contribution in [0.15, 0.2) is 48.5 Å².